The first-order chi connectivity index (χ1) is 12.2. The van der Waals surface area contributed by atoms with Gasteiger partial charge in [0.1, 0.15) is 5.58 Å². The lowest BCUT2D eigenvalue weighted by Crippen LogP contribution is -2.37. The van der Waals surface area contributed by atoms with Gasteiger partial charge in [-0.25, -0.2) is 0 Å². The van der Waals surface area contributed by atoms with Crippen LogP contribution in [0.2, 0.25) is 0 Å². The molecule has 0 saturated carbocycles. The zero-order valence-corrected chi connectivity index (χ0v) is 13.5. The summed E-state index contributed by atoms with van der Waals surface area (Å²) in [6.07, 6.45) is 0.656. The SMILES string of the molecule is O=C(NCC1Cc2ccccc2CO1)c1cc(=O)c2ccccc2o1. The second-order valence-electron chi connectivity index (χ2n) is 6.09. The van der Waals surface area contributed by atoms with E-state index in [1.807, 2.05) is 18.2 Å². The average molecular weight is 335 g/mol. The van der Waals surface area contributed by atoms with Crippen LogP contribution in [0.15, 0.2) is 63.8 Å². The van der Waals surface area contributed by atoms with E-state index in [1.54, 1.807) is 24.3 Å². The average Bonchev–Trinajstić information content (AvgIpc) is 2.66. The van der Waals surface area contributed by atoms with Crippen molar-refractivity contribution in [2.24, 2.45) is 0 Å². The summed E-state index contributed by atoms with van der Waals surface area (Å²) >= 11 is 0. The number of nitrogens with one attached hydrogen (secondary N) is 1. The Hall–Kier alpha value is -2.92. The van der Waals surface area contributed by atoms with Gasteiger partial charge >= 0.3 is 0 Å². The molecule has 0 fully saturated rings. The molecule has 0 spiro atoms. The Labute approximate surface area is 144 Å². The molecule has 2 aromatic carbocycles. The van der Waals surface area contributed by atoms with Gasteiger partial charge < -0.3 is 14.5 Å². The molecule has 1 amide bonds. The zero-order chi connectivity index (χ0) is 17.2. The van der Waals surface area contributed by atoms with Gasteiger partial charge in [0.2, 0.25) is 0 Å². The molecule has 1 aromatic heterocycles. The monoisotopic (exact) mass is 335 g/mol. The Bertz CT molecular complexity index is 992. The Balaban J connectivity index is 1.45. The number of hydrogen-bond acceptors (Lipinski definition) is 4. The van der Waals surface area contributed by atoms with E-state index >= 15 is 0 Å². The zero-order valence-electron chi connectivity index (χ0n) is 13.5. The molecule has 5 nitrogen and oxygen atoms in total. The van der Waals surface area contributed by atoms with E-state index in [0.29, 0.717) is 24.1 Å². The highest BCUT2D eigenvalue weighted by molar-refractivity contribution is 5.93. The molecule has 1 aliphatic rings. The highest BCUT2D eigenvalue weighted by Gasteiger charge is 2.20. The molecule has 126 valence electrons. The molecule has 1 aliphatic heterocycles. The van der Waals surface area contributed by atoms with Crippen molar-refractivity contribution in [3.8, 4) is 0 Å². The van der Waals surface area contributed by atoms with Crippen LogP contribution >= 0.6 is 0 Å². The van der Waals surface area contributed by atoms with Crippen molar-refractivity contribution < 1.29 is 13.9 Å². The van der Waals surface area contributed by atoms with Gasteiger partial charge in [0.15, 0.2) is 11.2 Å². The topological polar surface area (TPSA) is 68.5 Å². The second-order valence-corrected chi connectivity index (χ2v) is 6.09. The van der Waals surface area contributed by atoms with Crippen molar-refractivity contribution in [2.75, 3.05) is 6.54 Å². The molecular formula is C20H17NO4. The second kappa shape index (κ2) is 6.53. The van der Waals surface area contributed by atoms with E-state index in [2.05, 4.69) is 11.4 Å². The lowest BCUT2D eigenvalue weighted by Gasteiger charge is -2.25. The molecule has 1 unspecified atom stereocenters. The summed E-state index contributed by atoms with van der Waals surface area (Å²) in [5.74, 6) is -0.398. The standard InChI is InChI=1S/C20H17NO4/c22-17-10-19(25-18-8-4-3-7-16(17)18)20(23)21-11-15-9-13-5-1-2-6-14(13)12-24-15/h1-8,10,15H,9,11-12H2,(H,21,23). The van der Waals surface area contributed by atoms with Crippen LogP contribution in [0.5, 0.6) is 0 Å². The maximum Gasteiger partial charge on any atom is 0.287 e. The van der Waals surface area contributed by atoms with Crippen LogP contribution in [0, 0.1) is 0 Å². The molecule has 25 heavy (non-hydrogen) atoms. The van der Waals surface area contributed by atoms with Crippen molar-refractivity contribution >= 4 is 16.9 Å². The lowest BCUT2D eigenvalue weighted by atomic mass is 9.99. The van der Waals surface area contributed by atoms with E-state index in [0.717, 1.165) is 6.42 Å². The molecular weight excluding hydrogens is 318 g/mol. The summed E-state index contributed by atoms with van der Waals surface area (Å²) in [5, 5.41) is 3.26. The van der Waals surface area contributed by atoms with Crippen LogP contribution in [-0.4, -0.2) is 18.6 Å². The summed E-state index contributed by atoms with van der Waals surface area (Å²) in [5.41, 5.74) is 2.61. The third-order valence-electron chi connectivity index (χ3n) is 4.39. The minimum atomic E-state index is -0.412. The van der Waals surface area contributed by atoms with Crippen molar-refractivity contribution in [3.63, 3.8) is 0 Å². The van der Waals surface area contributed by atoms with Gasteiger partial charge in [-0.2, -0.15) is 0 Å². The molecule has 0 saturated heterocycles. The molecule has 0 bridgehead atoms. The van der Waals surface area contributed by atoms with E-state index in [1.165, 1.54) is 17.2 Å². The van der Waals surface area contributed by atoms with Crippen LogP contribution in [0.25, 0.3) is 11.0 Å². The number of benzene rings is 2. The Morgan fingerprint density at radius 3 is 2.72 bits per heavy atom. The number of carbonyl (C=O) groups is 1. The Morgan fingerprint density at radius 2 is 1.84 bits per heavy atom. The number of fused-ring (bicyclic) bond motifs is 2. The number of para-hydroxylation sites is 1. The summed E-state index contributed by atoms with van der Waals surface area (Å²) in [4.78, 5) is 24.4. The summed E-state index contributed by atoms with van der Waals surface area (Å²) in [6, 6.07) is 16.2. The molecule has 2 heterocycles. The van der Waals surface area contributed by atoms with E-state index in [-0.39, 0.29) is 17.3 Å². The van der Waals surface area contributed by atoms with Crippen LogP contribution in [0.4, 0.5) is 0 Å². The lowest BCUT2D eigenvalue weighted by molar-refractivity contribution is 0.0282. The number of amides is 1. The van der Waals surface area contributed by atoms with Gasteiger partial charge in [-0.3, -0.25) is 9.59 Å². The van der Waals surface area contributed by atoms with E-state index in [4.69, 9.17) is 9.15 Å². The molecule has 1 atom stereocenters. The molecule has 0 radical (unpaired) electrons. The highest BCUT2D eigenvalue weighted by atomic mass is 16.5. The first kappa shape index (κ1) is 15.6. The molecule has 5 heteroatoms. The number of ether oxygens (including phenoxy) is 1. The largest absolute Gasteiger partial charge is 0.451 e. The normalized spacial score (nSPS) is 16.4. The van der Waals surface area contributed by atoms with Crippen molar-refractivity contribution in [3.05, 3.63) is 81.7 Å². The van der Waals surface area contributed by atoms with Crippen LogP contribution in [-0.2, 0) is 17.8 Å². The predicted octanol–water partition coefficient (Wildman–Crippen LogP) is 2.66. The number of hydrogen-bond donors (Lipinski definition) is 1. The third-order valence-corrected chi connectivity index (χ3v) is 4.39. The maximum absolute atomic E-state index is 12.3. The minimum Gasteiger partial charge on any atom is -0.451 e. The number of rotatable bonds is 3. The van der Waals surface area contributed by atoms with Gasteiger partial charge in [0.25, 0.3) is 5.91 Å². The summed E-state index contributed by atoms with van der Waals surface area (Å²) in [6.45, 7) is 0.908. The van der Waals surface area contributed by atoms with Crippen LogP contribution in [0.1, 0.15) is 21.7 Å². The summed E-state index contributed by atoms with van der Waals surface area (Å²) < 4.78 is 11.3. The molecule has 4 rings (SSSR count). The smallest absolute Gasteiger partial charge is 0.287 e. The van der Waals surface area contributed by atoms with Crippen molar-refractivity contribution in [1.82, 2.24) is 5.32 Å². The van der Waals surface area contributed by atoms with Crippen molar-refractivity contribution in [2.45, 2.75) is 19.1 Å². The maximum atomic E-state index is 12.3. The first-order valence-electron chi connectivity index (χ1n) is 8.20. The van der Waals surface area contributed by atoms with Gasteiger partial charge in [-0.1, -0.05) is 36.4 Å². The predicted molar refractivity (Wildman–Crippen MR) is 93.5 cm³/mol. The first-order valence-corrected chi connectivity index (χ1v) is 8.20. The van der Waals surface area contributed by atoms with Crippen molar-refractivity contribution in [1.29, 1.82) is 0 Å². The van der Waals surface area contributed by atoms with E-state index < -0.39 is 5.91 Å². The third kappa shape index (κ3) is 3.19. The van der Waals surface area contributed by atoms with Crippen LogP contribution < -0.4 is 10.7 Å². The highest BCUT2D eigenvalue weighted by Crippen LogP contribution is 2.20. The van der Waals surface area contributed by atoms with Gasteiger partial charge in [0.05, 0.1) is 18.1 Å². The quantitative estimate of drug-likeness (QED) is 0.799. The van der Waals surface area contributed by atoms with Gasteiger partial charge in [0, 0.05) is 19.0 Å². The minimum absolute atomic E-state index is 0.0138. The molecule has 3 aromatic rings. The molecule has 0 aliphatic carbocycles. The molecule has 1 N–H and O–H groups in total. The van der Waals surface area contributed by atoms with Gasteiger partial charge in [-0.05, 0) is 23.3 Å². The van der Waals surface area contributed by atoms with Gasteiger partial charge in [-0.15, -0.1) is 0 Å². The summed E-state index contributed by atoms with van der Waals surface area (Å²) in [7, 11) is 0. The van der Waals surface area contributed by atoms with E-state index in [9.17, 15) is 9.59 Å². The number of carbonyl (C=O) groups excluding carboxylic acids is 1. The fourth-order valence-electron chi connectivity index (χ4n) is 3.05. The fraction of sp³-hybridized carbons (Fsp3) is 0.200. The fourth-order valence-corrected chi connectivity index (χ4v) is 3.05. The Morgan fingerprint density at radius 1 is 1.08 bits per heavy atom. The Kier molecular flexibility index (Phi) is 4.07. The van der Waals surface area contributed by atoms with Crippen LogP contribution in [0.3, 0.4) is 0 Å².